The second-order valence-corrected chi connectivity index (χ2v) is 6.94. The Morgan fingerprint density at radius 3 is 2.78 bits per heavy atom. The third-order valence-corrected chi connectivity index (χ3v) is 5.33. The summed E-state index contributed by atoms with van der Waals surface area (Å²) in [5.74, 6) is 2.11. The molecule has 1 spiro atoms. The van der Waals surface area contributed by atoms with Gasteiger partial charge < -0.3 is 10.6 Å². The first-order chi connectivity index (χ1) is 8.47. The van der Waals surface area contributed by atoms with Crippen molar-refractivity contribution in [2.45, 2.75) is 45.6 Å². The van der Waals surface area contributed by atoms with Crippen LogP contribution in [0.4, 0.5) is 0 Å². The number of amides is 1. The van der Waals surface area contributed by atoms with Gasteiger partial charge in [0.1, 0.15) is 0 Å². The van der Waals surface area contributed by atoms with E-state index in [1.807, 2.05) is 18.7 Å². The Kier molecular flexibility index (Phi) is 4.27. The molecule has 18 heavy (non-hydrogen) atoms. The topological polar surface area (TPSA) is 46.3 Å². The van der Waals surface area contributed by atoms with Crippen LogP contribution in [-0.2, 0) is 4.79 Å². The second-order valence-electron chi connectivity index (χ2n) is 6.57. The highest BCUT2D eigenvalue weighted by molar-refractivity contribution is 7.80. The first-order valence-electron chi connectivity index (χ1n) is 7.13. The van der Waals surface area contributed by atoms with E-state index in [4.69, 9.17) is 5.73 Å². The molecule has 0 aromatic carbocycles. The number of thiol groups is 1. The Morgan fingerprint density at radius 1 is 1.50 bits per heavy atom. The summed E-state index contributed by atoms with van der Waals surface area (Å²) in [6.45, 7) is 5.86. The summed E-state index contributed by atoms with van der Waals surface area (Å²) in [4.78, 5) is 14.3. The predicted molar refractivity (Wildman–Crippen MR) is 77.6 cm³/mol. The van der Waals surface area contributed by atoms with Gasteiger partial charge in [-0.15, -0.1) is 0 Å². The minimum absolute atomic E-state index is 0.149. The zero-order valence-electron chi connectivity index (χ0n) is 11.6. The highest BCUT2D eigenvalue weighted by Crippen LogP contribution is 2.48. The van der Waals surface area contributed by atoms with Crippen molar-refractivity contribution in [1.29, 1.82) is 0 Å². The molecule has 0 radical (unpaired) electrons. The van der Waals surface area contributed by atoms with Crippen LogP contribution in [0.1, 0.15) is 39.5 Å². The lowest BCUT2D eigenvalue weighted by molar-refractivity contribution is -0.132. The first kappa shape index (κ1) is 14.2. The van der Waals surface area contributed by atoms with Crippen LogP contribution in [-0.4, -0.2) is 35.7 Å². The number of carbonyl (C=O) groups is 1. The third-order valence-electron chi connectivity index (χ3n) is 4.82. The molecule has 1 amide bonds. The average molecular weight is 270 g/mol. The number of likely N-dealkylation sites (tertiary alicyclic amines) is 1. The quantitative estimate of drug-likeness (QED) is 0.770. The van der Waals surface area contributed by atoms with Crippen molar-refractivity contribution < 1.29 is 4.79 Å². The van der Waals surface area contributed by atoms with E-state index in [-0.39, 0.29) is 17.9 Å². The van der Waals surface area contributed by atoms with Crippen molar-refractivity contribution in [2.24, 2.45) is 23.0 Å². The molecule has 4 heteroatoms. The van der Waals surface area contributed by atoms with Crippen LogP contribution in [0.2, 0.25) is 0 Å². The van der Waals surface area contributed by atoms with E-state index >= 15 is 0 Å². The number of hydrogen-bond acceptors (Lipinski definition) is 3. The Balaban J connectivity index is 1.94. The zero-order chi connectivity index (χ0) is 13.3. The molecular formula is C14H26N2OS. The summed E-state index contributed by atoms with van der Waals surface area (Å²) < 4.78 is 0. The van der Waals surface area contributed by atoms with Crippen LogP contribution in [0.25, 0.3) is 0 Å². The molecule has 1 aliphatic heterocycles. The molecule has 104 valence electrons. The fourth-order valence-corrected chi connectivity index (χ4v) is 3.78. The third kappa shape index (κ3) is 2.69. The van der Waals surface area contributed by atoms with E-state index in [1.54, 1.807) is 0 Å². The molecule has 2 rings (SSSR count). The van der Waals surface area contributed by atoms with E-state index in [0.29, 0.717) is 5.41 Å². The second kappa shape index (κ2) is 5.41. The van der Waals surface area contributed by atoms with Gasteiger partial charge in [0.05, 0.1) is 6.04 Å². The summed E-state index contributed by atoms with van der Waals surface area (Å²) in [5.41, 5.74) is 6.37. The van der Waals surface area contributed by atoms with Gasteiger partial charge in [0, 0.05) is 13.1 Å². The van der Waals surface area contributed by atoms with Gasteiger partial charge in [0.15, 0.2) is 0 Å². The fourth-order valence-electron chi connectivity index (χ4n) is 3.47. The predicted octanol–water partition coefficient (Wildman–Crippen LogP) is 1.92. The fraction of sp³-hybridized carbons (Fsp3) is 0.929. The minimum Gasteiger partial charge on any atom is -0.341 e. The molecule has 3 unspecified atom stereocenters. The molecule has 1 saturated heterocycles. The van der Waals surface area contributed by atoms with E-state index in [1.165, 1.54) is 19.3 Å². The van der Waals surface area contributed by atoms with Crippen molar-refractivity contribution in [3.05, 3.63) is 0 Å². The van der Waals surface area contributed by atoms with Crippen LogP contribution in [0.3, 0.4) is 0 Å². The number of nitrogens with zero attached hydrogens (tertiary/aromatic N) is 1. The molecule has 1 saturated carbocycles. The van der Waals surface area contributed by atoms with E-state index in [0.717, 1.165) is 31.2 Å². The molecule has 0 aromatic heterocycles. The molecule has 0 aromatic rings. The highest BCUT2D eigenvalue weighted by Gasteiger charge is 2.45. The standard InChI is InChI=1S/C14H26N2OS/c1-10(2)12(15)13(17)16-6-5-14(9-16)4-3-11(7-14)8-18/h10-12,18H,3-9,15H2,1-2H3. The molecular weight excluding hydrogens is 244 g/mol. The summed E-state index contributed by atoms with van der Waals surface area (Å²) in [7, 11) is 0. The smallest absolute Gasteiger partial charge is 0.239 e. The monoisotopic (exact) mass is 270 g/mol. The highest BCUT2D eigenvalue weighted by atomic mass is 32.1. The maximum absolute atomic E-state index is 12.3. The van der Waals surface area contributed by atoms with Crippen LogP contribution >= 0.6 is 12.6 Å². The van der Waals surface area contributed by atoms with Crippen LogP contribution in [0, 0.1) is 17.3 Å². The molecule has 1 aliphatic carbocycles. The Morgan fingerprint density at radius 2 is 2.22 bits per heavy atom. The lowest BCUT2D eigenvalue weighted by Gasteiger charge is -2.26. The van der Waals surface area contributed by atoms with Gasteiger partial charge in [-0.2, -0.15) is 12.6 Å². The van der Waals surface area contributed by atoms with Crippen molar-refractivity contribution in [1.82, 2.24) is 4.90 Å². The number of carbonyl (C=O) groups excluding carboxylic acids is 1. The summed E-state index contributed by atoms with van der Waals surface area (Å²) in [5, 5.41) is 0. The van der Waals surface area contributed by atoms with Crippen LogP contribution < -0.4 is 5.73 Å². The molecule has 1 heterocycles. The maximum Gasteiger partial charge on any atom is 0.239 e. The normalized spacial score (nSPS) is 33.6. The summed E-state index contributed by atoms with van der Waals surface area (Å²) >= 11 is 4.41. The average Bonchev–Trinajstić information content (AvgIpc) is 2.95. The number of hydrogen-bond donors (Lipinski definition) is 2. The van der Waals surface area contributed by atoms with Gasteiger partial charge in [-0.05, 0) is 48.7 Å². The van der Waals surface area contributed by atoms with Crippen molar-refractivity contribution in [2.75, 3.05) is 18.8 Å². The van der Waals surface area contributed by atoms with Gasteiger partial charge in [-0.3, -0.25) is 4.79 Å². The largest absolute Gasteiger partial charge is 0.341 e. The Bertz CT molecular complexity index is 321. The molecule has 2 aliphatic rings. The van der Waals surface area contributed by atoms with E-state index in [9.17, 15) is 4.79 Å². The molecule has 3 nitrogen and oxygen atoms in total. The maximum atomic E-state index is 12.3. The first-order valence-corrected chi connectivity index (χ1v) is 7.76. The summed E-state index contributed by atoms with van der Waals surface area (Å²) in [6, 6.07) is -0.331. The van der Waals surface area contributed by atoms with Crippen molar-refractivity contribution in [3.63, 3.8) is 0 Å². The van der Waals surface area contributed by atoms with Crippen LogP contribution in [0.5, 0.6) is 0 Å². The Hall–Kier alpha value is -0.220. The molecule has 2 N–H and O–H groups in total. The minimum atomic E-state index is -0.331. The molecule has 2 fully saturated rings. The van der Waals surface area contributed by atoms with Crippen LogP contribution in [0.15, 0.2) is 0 Å². The van der Waals surface area contributed by atoms with E-state index < -0.39 is 0 Å². The van der Waals surface area contributed by atoms with Gasteiger partial charge in [0.25, 0.3) is 0 Å². The lowest BCUT2D eigenvalue weighted by Crippen LogP contribution is -2.46. The number of nitrogens with two attached hydrogens (primary N) is 1. The SMILES string of the molecule is CC(C)C(N)C(=O)N1CCC2(CCC(CS)C2)C1. The van der Waals surface area contributed by atoms with Crippen molar-refractivity contribution >= 4 is 18.5 Å². The zero-order valence-corrected chi connectivity index (χ0v) is 12.5. The van der Waals surface area contributed by atoms with Gasteiger partial charge >= 0.3 is 0 Å². The van der Waals surface area contributed by atoms with Crippen molar-refractivity contribution in [3.8, 4) is 0 Å². The Labute approximate surface area is 116 Å². The molecule has 3 atom stereocenters. The van der Waals surface area contributed by atoms with Gasteiger partial charge in [-0.25, -0.2) is 0 Å². The van der Waals surface area contributed by atoms with Gasteiger partial charge in [0.2, 0.25) is 5.91 Å². The molecule has 0 bridgehead atoms. The lowest BCUT2D eigenvalue weighted by atomic mass is 9.84. The van der Waals surface area contributed by atoms with Gasteiger partial charge in [-0.1, -0.05) is 13.8 Å². The number of rotatable bonds is 3. The van der Waals surface area contributed by atoms with E-state index in [2.05, 4.69) is 12.6 Å². The summed E-state index contributed by atoms with van der Waals surface area (Å²) in [6.07, 6.45) is 4.95.